The summed E-state index contributed by atoms with van der Waals surface area (Å²) in [5.74, 6) is 0. The fourth-order valence-electron chi connectivity index (χ4n) is 0.313. The second-order valence-electron chi connectivity index (χ2n) is 1.54. The van der Waals surface area contributed by atoms with Gasteiger partial charge in [-0.05, 0) is 6.92 Å². The van der Waals surface area contributed by atoms with Gasteiger partial charge in [0.2, 0.25) is 0 Å². The first kappa shape index (κ1) is 8.61. The van der Waals surface area contributed by atoms with Crippen LogP contribution in [0.15, 0.2) is 10.6 Å². The van der Waals surface area contributed by atoms with E-state index in [-0.39, 0.29) is 5.38 Å². The molecule has 0 aliphatic carbocycles. The van der Waals surface area contributed by atoms with Crippen LogP contribution < -0.4 is 0 Å². The number of alkyl halides is 1. The highest BCUT2D eigenvalue weighted by Gasteiger charge is 1.97. The van der Waals surface area contributed by atoms with E-state index in [2.05, 4.69) is 0 Å². The molecule has 0 rings (SSSR count). The van der Waals surface area contributed by atoms with Crippen molar-refractivity contribution in [3.63, 3.8) is 0 Å². The maximum atomic E-state index is 5.57. The minimum atomic E-state index is 0.0671. The normalized spacial score (nSPS) is 16.2. The zero-order chi connectivity index (χ0) is 6.57. The lowest BCUT2D eigenvalue weighted by Gasteiger charge is -1.96. The third-order valence-electron chi connectivity index (χ3n) is 0.595. The zero-order valence-electron chi connectivity index (χ0n) is 4.50. The molecular formula is C5H7Cl3. The molecule has 0 amide bonds. The summed E-state index contributed by atoms with van der Waals surface area (Å²) in [6, 6.07) is 0. The van der Waals surface area contributed by atoms with Crippen LogP contribution in [0.2, 0.25) is 0 Å². The summed E-state index contributed by atoms with van der Waals surface area (Å²) in [7, 11) is 0. The lowest BCUT2D eigenvalue weighted by molar-refractivity contribution is 0.956. The van der Waals surface area contributed by atoms with Crippen LogP contribution in [-0.2, 0) is 0 Å². The molecule has 0 heterocycles. The Hall–Kier alpha value is 0.610. The Kier molecular flexibility index (Phi) is 4.83. The predicted octanol–water partition coefficient (Wildman–Crippen LogP) is 3.32. The molecule has 0 aliphatic heterocycles. The molecule has 0 aromatic heterocycles. The summed E-state index contributed by atoms with van der Waals surface area (Å²) in [6.45, 7) is 1.87. The van der Waals surface area contributed by atoms with Crippen molar-refractivity contribution in [2.24, 2.45) is 0 Å². The van der Waals surface area contributed by atoms with Crippen LogP contribution >= 0.6 is 34.8 Å². The smallest absolute Gasteiger partial charge is 0.0357 e. The van der Waals surface area contributed by atoms with Gasteiger partial charge in [0.25, 0.3) is 0 Å². The maximum absolute atomic E-state index is 5.57. The van der Waals surface area contributed by atoms with E-state index in [1.54, 1.807) is 0 Å². The number of hydrogen-bond acceptors (Lipinski definition) is 0. The predicted molar refractivity (Wildman–Crippen MR) is 39.7 cm³/mol. The second kappa shape index (κ2) is 4.49. The van der Waals surface area contributed by atoms with Gasteiger partial charge < -0.3 is 0 Å². The third-order valence-corrected chi connectivity index (χ3v) is 1.39. The number of rotatable bonds is 2. The molecule has 0 unspecified atom stereocenters. The summed E-state index contributed by atoms with van der Waals surface area (Å²) in [6.07, 6.45) is 0.645. The average Bonchev–Trinajstić information content (AvgIpc) is 1.65. The van der Waals surface area contributed by atoms with Gasteiger partial charge in [-0.25, -0.2) is 0 Å². The van der Waals surface area contributed by atoms with E-state index in [1.807, 2.05) is 6.92 Å². The third kappa shape index (κ3) is 4.76. The van der Waals surface area contributed by atoms with Gasteiger partial charge in [0, 0.05) is 22.4 Å². The molecule has 0 bridgehead atoms. The topological polar surface area (TPSA) is 0 Å². The molecule has 0 radical (unpaired) electrons. The lowest BCUT2D eigenvalue weighted by atomic mass is 10.3. The molecule has 0 fully saturated rings. The molecule has 0 N–H and O–H groups in total. The Labute approximate surface area is 64.4 Å². The molecule has 3 heteroatoms. The highest BCUT2D eigenvalue weighted by molar-refractivity contribution is 6.36. The van der Waals surface area contributed by atoms with Gasteiger partial charge >= 0.3 is 0 Å². The average molecular weight is 173 g/mol. The van der Waals surface area contributed by atoms with E-state index in [0.29, 0.717) is 11.5 Å². The molecule has 0 aromatic rings. The summed E-state index contributed by atoms with van der Waals surface area (Å²) < 4.78 is 0. The molecule has 48 valence electrons. The lowest BCUT2D eigenvalue weighted by Crippen LogP contribution is -1.87. The molecule has 0 saturated carbocycles. The van der Waals surface area contributed by atoms with Crippen LogP contribution in [0, 0.1) is 0 Å². The molecule has 0 saturated heterocycles. The van der Waals surface area contributed by atoms with Gasteiger partial charge in [-0.2, -0.15) is 0 Å². The first-order valence-electron chi connectivity index (χ1n) is 2.25. The van der Waals surface area contributed by atoms with Crippen molar-refractivity contribution in [2.75, 3.05) is 0 Å². The largest absolute Gasteiger partial charge is 0.123 e. The van der Waals surface area contributed by atoms with Crippen molar-refractivity contribution >= 4 is 34.8 Å². The van der Waals surface area contributed by atoms with Crippen LogP contribution in [0.1, 0.15) is 13.3 Å². The molecule has 1 atom stereocenters. The van der Waals surface area contributed by atoms with E-state index in [0.717, 1.165) is 0 Å². The first-order chi connectivity index (χ1) is 3.66. The fourth-order valence-corrected chi connectivity index (χ4v) is 0.879. The van der Waals surface area contributed by atoms with E-state index in [1.165, 1.54) is 5.54 Å². The SMILES string of the molecule is C[C@H](Cl)C/C(Cl)=C/Cl. The van der Waals surface area contributed by atoms with Gasteiger partial charge in [-0.1, -0.05) is 23.2 Å². The molecule has 0 aromatic carbocycles. The first-order valence-corrected chi connectivity index (χ1v) is 3.50. The number of hydrogen-bond donors (Lipinski definition) is 0. The van der Waals surface area contributed by atoms with Crippen LogP contribution in [0.4, 0.5) is 0 Å². The summed E-state index contributed by atoms with van der Waals surface area (Å²) >= 11 is 16.3. The van der Waals surface area contributed by atoms with Gasteiger partial charge in [0.1, 0.15) is 0 Å². The van der Waals surface area contributed by atoms with Crippen molar-refractivity contribution in [1.29, 1.82) is 0 Å². The Morgan fingerprint density at radius 1 is 1.75 bits per heavy atom. The van der Waals surface area contributed by atoms with E-state index in [9.17, 15) is 0 Å². The Bertz CT molecular complexity index is 85.7. The molecule has 0 spiro atoms. The van der Waals surface area contributed by atoms with Gasteiger partial charge in [-0.3, -0.25) is 0 Å². The second-order valence-corrected chi connectivity index (χ2v) is 2.99. The zero-order valence-corrected chi connectivity index (χ0v) is 6.76. The van der Waals surface area contributed by atoms with Crippen LogP contribution in [0.5, 0.6) is 0 Å². The minimum absolute atomic E-state index is 0.0671. The van der Waals surface area contributed by atoms with Crippen LogP contribution in [0.25, 0.3) is 0 Å². The summed E-state index contributed by atoms with van der Waals surface area (Å²) in [5.41, 5.74) is 1.33. The molecular weight excluding hydrogens is 166 g/mol. The van der Waals surface area contributed by atoms with Crippen molar-refractivity contribution in [2.45, 2.75) is 18.7 Å². The summed E-state index contributed by atoms with van der Waals surface area (Å²) in [4.78, 5) is 0. The maximum Gasteiger partial charge on any atom is 0.0357 e. The Balaban J connectivity index is 3.39. The minimum Gasteiger partial charge on any atom is -0.123 e. The van der Waals surface area contributed by atoms with E-state index in [4.69, 9.17) is 34.8 Å². The van der Waals surface area contributed by atoms with Crippen molar-refractivity contribution in [3.05, 3.63) is 10.6 Å². The Morgan fingerprint density at radius 3 is 2.38 bits per heavy atom. The standard InChI is InChI=1S/C5H7Cl3/c1-4(7)2-5(8)3-6/h3-4H,2H2,1H3/b5-3-/t4-/m0/s1. The summed E-state index contributed by atoms with van der Waals surface area (Å²) in [5, 5.41) is 0.673. The van der Waals surface area contributed by atoms with Crippen molar-refractivity contribution < 1.29 is 0 Å². The van der Waals surface area contributed by atoms with Crippen molar-refractivity contribution in [3.8, 4) is 0 Å². The number of halogens is 3. The van der Waals surface area contributed by atoms with E-state index < -0.39 is 0 Å². The Morgan fingerprint density at radius 2 is 2.25 bits per heavy atom. The highest BCUT2D eigenvalue weighted by atomic mass is 35.5. The van der Waals surface area contributed by atoms with Gasteiger partial charge in [0.05, 0.1) is 0 Å². The quantitative estimate of drug-likeness (QED) is 0.562. The van der Waals surface area contributed by atoms with Gasteiger partial charge in [0.15, 0.2) is 0 Å². The number of allylic oxidation sites excluding steroid dienone is 1. The monoisotopic (exact) mass is 172 g/mol. The van der Waals surface area contributed by atoms with E-state index >= 15 is 0 Å². The molecule has 0 nitrogen and oxygen atoms in total. The molecule has 0 aliphatic rings. The van der Waals surface area contributed by atoms with Gasteiger partial charge in [-0.15, -0.1) is 11.6 Å². The molecule has 8 heavy (non-hydrogen) atoms. The fraction of sp³-hybridized carbons (Fsp3) is 0.600. The van der Waals surface area contributed by atoms with Crippen LogP contribution in [-0.4, -0.2) is 5.38 Å². The van der Waals surface area contributed by atoms with Crippen LogP contribution in [0.3, 0.4) is 0 Å². The van der Waals surface area contributed by atoms with Crippen molar-refractivity contribution in [1.82, 2.24) is 0 Å². The highest BCUT2D eigenvalue weighted by Crippen LogP contribution is 2.14.